The van der Waals surface area contributed by atoms with Crippen molar-refractivity contribution >= 4 is 10.1 Å². The van der Waals surface area contributed by atoms with E-state index in [4.69, 9.17) is 8.92 Å². The zero-order chi connectivity index (χ0) is 19.9. The van der Waals surface area contributed by atoms with Crippen LogP contribution in [0.5, 0.6) is 5.75 Å². The van der Waals surface area contributed by atoms with Crippen LogP contribution in [0.4, 0.5) is 0 Å². The largest absolute Gasteiger partial charge is 0.462 e. The van der Waals surface area contributed by atoms with E-state index in [2.05, 4.69) is 0 Å². The second-order valence-electron chi connectivity index (χ2n) is 7.23. The van der Waals surface area contributed by atoms with Crippen LogP contribution >= 0.6 is 0 Å². The van der Waals surface area contributed by atoms with Crippen molar-refractivity contribution in [3.05, 3.63) is 82.9 Å². The van der Waals surface area contributed by atoms with Gasteiger partial charge in [0.15, 0.2) is 0 Å². The van der Waals surface area contributed by atoms with Crippen molar-refractivity contribution in [2.45, 2.75) is 38.4 Å². The maximum absolute atomic E-state index is 12.8. The molecule has 0 fully saturated rings. The fraction of sp³-hybridized carbons (Fsp3) is 0.217. The summed E-state index contributed by atoms with van der Waals surface area (Å²) in [6.45, 7) is 5.73. The molecule has 1 aliphatic rings. The van der Waals surface area contributed by atoms with Gasteiger partial charge in [0, 0.05) is 17.5 Å². The van der Waals surface area contributed by atoms with Gasteiger partial charge in [-0.25, -0.2) is 4.18 Å². The molecule has 1 aliphatic heterocycles. The van der Waals surface area contributed by atoms with Crippen LogP contribution in [-0.4, -0.2) is 14.7 Å². The first-order chi connectivity index (χ1) is 13.3. The molecule has 0 aromatic heterocycles. The summed E-state index contributed by atoms with van der Waals surface area (Å²) in [6, 6.07) is 19.2. The molecule has 0 spiro atoms. The van der Waals surface area contributed by atoms with E-state index in [1.54, 1.807) is 19.1 Å². The average molecular weight is 394 g/mol. The number of hydrogen-bond acceptors (Lipinski definition) is 4. The summed E-state index contributed by atoms with van der Waals surface area (Å²) in [5.74, 6) is 0.687. The number of aryl methyl sites for hydroxylation is 3. The van der Waals surface area contributed by atoms with E-state index in [-0.39, 0.29) is 4.90 Å². The SMILES string of the molecule is Cc1ccc(-c2cccc3c2OC(OS(=O)(=O)c2ccc(C)cc2C)C3)cc1. The minimum atomic E-state index is -3.92. The minimum absolute atomic E-state index is 0.177. The normalized spacial score (nSPS) is 15.9. The molecule has 4 nitrogen and oxygen atoms in total. The molecule has 1 heterocycles. The van der Waals surface area contributed by atoms with Gasteiger partial charge in [0.2, 0.25) is 6.29 Å². The summed E-state index contributed by atoms with van der Waals surface area (Å²) in [5.41, 5.74) is 5.75. The molecular formula is C23H22O4S. The van der Waals surface area contributed by atoms with Crippen LogP contribution in [0.25, 0.3) is 11.1 Å². The molecule has 28 heavy (non-hydrogen) atoms. The molecule has 0 radical (unpaired) electrons. The topological polar surface area (TPSA) is 52.6 Å². The Kier molecular flexibility index (Phi) is 4.73. The van der Waals surface area contributed by atoms with E-state index in [1.165, 1.54) is 5.56 Å². The molecule has 0 aliphatic carbocycles. The predicted molar refractivity (Wildman–Crippen MR) is 109 cm³/mol. The first kappa shape index (κ1) is 18.7. The van der Waals surface area contributed by atoms with Crippen molar-refractivity contribution in [2.24, 2.45) is 0 Å². The lowest BCUT2D eigenvalue weighted by molar-refractivity contribution is 0.0316. The highest BCUT2D eigenvalue weighted by Gasteiger charge is 2.31. The molecule has 3 aromatic carbocycles. The molecule has 3 aromatic rings. The van der Waals surface area contributed by atoms with Crippen LogP contribution < -0.4 is 4.74 Å². The number of ether oxygens (including phenoxy) is 1. The maximum Gasteiger partial charge on any atom is 0.300 e. The highest BCUT2D eigenvalue weighted by molar-refractivity contribution is 7.86. The first-order valence-electron chi connectivity index (χ1n) is 9.19. The van der Waals surface area contributed by atoms with Crippen molar-refractivity contribution in [3.8, 4) is 16.9 Å². The smallest absolute Gasteiger partial charge is 0.300 e. The average Bonchev–Trinajstić information content (AvgIpc) is 3.03. The number of hydrogen-bond donors (Lipinski definition) is 0. The molecule has 0 saturated heterocycles. The second-order valence-corrected chi connectivity index (χ2v) is 8.77. The van der Waals surface area contributed by atoms with Gasteiger partial charge in [-0.1, -0.05) is 65.7 Å². The van der Waals surface area contributed by atoms with Crippen molar-refractivity contribution in [1.82, 2.24) is 0 Å². The molecule has 5 heteroatoms. The van der Waals surface area contributed by atoms with E-state index in [0.29, 0.717) is 17.7 Å². The van der Waals surface area contributed by atoms with Gasteiger partial charge in [-0.15, -0.1) is 0 Å². The van der Waals surface area contributed by atoms with Gasteiger partial charge in [-0.05, 0) is 38.0 Å². The Morgan fingerprint density at radius 2 is 1.64 bits per heavy atom. The molecule has 1 atom stereocenters. The third-order valence-electron chi connectivity index (χ3n) is 4.93. The summed E-state index contributed by atoms with van der Waals surface area (Å²) >= 11 is 0. The molecule has 0 bridgehead atoms. The van der Waals surface area contributed by atoms with Crippen LogP contribution in [-0.2, 0) is 20.7 Å². The maximum atomic E-state index is 12.8. The molecule has 0 saturated carbocycles. The summed E-state index contributed by atoms with van der Waals surface area (Å²) < 4.78 is 36.9. The van der Waals surface area contributed by atoms with Gasteiger partial charge >= 0.3 is 10.1 Å². The van der Waals surface area contributed by atoms with Gasteiger partial charge in [-0.2, -0.15) is 8.42 Å². The fourth-order valence-electron chi connectivity index (χ4n) is 3.52. The molecular weight excluding hydrogens is 372 g/mol. The lowest BCUT2D eigenvalue weighted by Gasteiger charge is -2.15. The summed E-state index contributed by atoms with van der Waals surface area (Å²) in [5, 5.41) is 0. The standard InChI is InChI=1S/C23H22O4S/c1-15-7-10-18(11-8-15)20-6-4-5-19-14-22(26-23(19)20)27-28(24,25)21-12-9-16(2)13-17(21)3/h4-13,22H,14H2,1-3H3. The third kappa shape index (κ3) is 3.55. The lowest BCUT2D eigenvalue weighted by atomic mass is 10.0. The zero-order valence-corrected chi connectivity index (χ0v) is 16.9. The van der Waals surface area contributed by atoms with Crippen molar-refractivity contribution in [1.29, 1.82) is 0 Å². The Morgan fingerprint density at radius 3 is 2.36 bits per heavy atom. The minimum Gasteiger partial charge on any atom is -0.462 e. The van der Waals surface area contributed by atoms with Gasteiger partial charge in [0.25, 0.3) is 0 Å². The molecule has 4 rings (SSSR count). The van der Waals surface area contributed by atoms with Crippen LogP contribution in [0.1, 0.15) is 22.3 Å². The number of rotatable bonds is 4. The van der Waals surface area contributed by atoms with Crippen LogP contribution in [0, 0.1) is 20.8 Å². The summed E-state index contributed by atoms with van der Waals surface area (Å²) in [4.78, 5) is 0.177. The summed E-state index contributed by atoms with van der Waals surface area (Å²) in [6.07, 6.45) is -0.480. The number of fused-ring (bicyclic) bond motifs is 1. The van der Waals surface area contributed by atoms with E-state index < -0.39 is 16.4 Å². The Balaban J connectivity index is 1.60. The van der Waals surface area contributed by atoms with Crippen LogP contribution in [0.3, 0.4) is 0 Å². The lowest BCUT2D eigenvalue weighted by Crippen LogP contribution is -2.23. The Hall–Kier alpha value is -2.63. The molecule has 144 valence electrons. The Labute approximate surface area is 165 Å². The van der Waals surface area contributed by atoms with Crippen LogP contribution in [0.15, 0.2) is 65.6 Å². The first-order valence-corrected chi connectivity index (χ1v) is 10.6. The molecule has 0 N–H and O–H groups in total. The molecule has 1 unspecified atom stereocenters. The van der Waals surface area contributed by atoms with Gasteiger partial charge in [0.05, 0.1) is 4.90 Å². The van der Waals surface area contributed by atoms with Crippen molar-refractivity contribution in [2.75, 3.05) is 0 Å². The quantitative estimate of drug-likeness (QED) is 0.588. The van der Waals surface area contributed by atoms with Crippen molar-refractivity contribution in [3.63, 3.8) is 0 Å². The van der Waals surface area contributed by atoms with Crippen molar-refractivity contribution < 1.29 is 17.3 Å². The Bertz CT molecular complexity index is 1130. The highest BCUT2D eigenvalue weighted by atomic mass is 32.2. The van der Waals surface area contributed by atoms with E-state index in [9.17, 15) is 8.42 Å². The fourth-order valence-corrected chi connectivity index (χ4v) is 4.71. The zero-order valence-electron chi connectivity index (χ0n) is 16.1. The van der Waals surface area contributed by atoms with E-state index >= 15 is 0 Å². The third-order valence-corrected chi connectivity index (χ3v) is 6.39. The summed E-state index contributed by atoms with van der Waals surface area (Å²) in [7, 11) is -3.92. The Morgan fingerprint density at radius 1 is 0.929 bits per heavy atom. The number of para-hydroxylation sites is 1. The van der Waals surface area contributed by atoms with E-state index in [1.807, 2.05) is 62.4 Å². The monoisotopic (exact) mass is 394 g/mol. The van der Waals surface area contributed by atoms with Gasteiger partial charge < -0.3 is 4.74 Å². The molecule has 0 amide bonds. The second kappa shape index (κ2) is 7.08. The number of benzene rings is 3. The van der Waals surface area contributed by atoms with Gasteiger partial charge in [-0.3, -0.25) is 0 Å². The van der Waals surface area contributed by atoms with E-state index in [0.717, 1.165) is 22.3 Å². The van der Waals surface area contributed by atoms with Crippen LogP contribution in [0.2, 0.25) is 0 Å². The predicted octanol–water partition coefficient (Wildman–Crippen LogP) is 4.95. The highest BCUT2D eigenvalue weighted by Crippen LogP contribution is 2.39. The van der Waals surface area contributed by atoms with Gasteiger partial charge in [0.1, 0.15) is 5.75 Å².